The molecule has 0 aliphatic carbocycles. The van der Waals surface area contributed by atoms with E-state index in [9.17, 15) is 18.1 Å². The minimum Gasteiger partial charge on any atom is -0.368 e. The first-order valence-corrected chi connectivity index (χ1v) is 10.1. The Morgan fingerprint density at radius 2 is 1.82 bits per heavy atom. The summed E-state index contributed by atoms with van der Waals surface area (Å²) in [5, 5.41) is 13.3. The molecule has 3 aromatic rings. The number of hydrogen-bond acceptors (Lipinski definition) is 5. The number of aryl methyl sites for hydroxylation is 2. The van der Waals surface area contributed by atoms with E-state index in [1.807, 2.05) is 26.0 Å². The van der Waals surface area contributed by atoms with E-state index in [4.69, 9.17) is 0 Å². The Morgan fingerprint density at radius 3 is 2.50 bits per heavy atom. The molecule has 144 valence electrons. The quantitative estimate of drug-likeness (QED) is 0.622. The zero-order chi connectivity index (χ0) is 20.3. The number of nitrogens with zero attached hydrogens (tertiary/aromatic N) is 2. The first kappa shape index (κ1) is 19.7. The van der Waals surface area contributed by atoms with Crippen molar-refractivity contribution >= 4 is 26.7 Å². The van der Waals surface area contributed by atoms with E-state index in [-0.39, 0.29) is 18.0 Å². The van der Waals surface area contributed by atoms with Gasteiger partial charge in [0.15, 0.2) is 0 Å². The molecule has 0 bridgehead atoms. The van der Waals surface area contributed by atoms with Gasteiger partial charge < -0.3 is 5.32 Å². The van der Waals surface area contributed by atoms with Crippen molar-refractivity contribution in [2.24, 2.45) is 0 Å². The smallest absolute Gasteiger partial charge is 0.240 e. The first-order valence-electron chi connectivity index (χ1n) is 8.61. The molecule has 2 N–H and O–H groups in total. The summed E-state index contributed by atoms with van der Waals surface area (Å²) < 4.78 is 39.8. The Hall–Kier alpha value is -3.02. The number of nitrogens with one attached hydrogen (secondary N) is 2. The van der Waals surface area contributed by atoms with E-state index in [1.165, 1.54) is 12.1 Å². The summed E-state index contributed by atoms with van der Waals surface area (Å²) in [7, 11) is -3.74. The zero-order valence-corrected chi connectivity index (χ0v) is 16.3. The molecule has 0 amide bonds. The molecule has 0 saturated heterocycles. The Kier molecular flexibility index (Phi) is 5.58. The van der Waals surface area contributed by atoms with Crippen molar-refractivity contribution in [3.63, 3.8) is 0 Å². The van der Waals surface area contributed by atoms with Gasteiger partial charge in [0, 0.05) is 18.5 Å². The molecule has 0 atom stereocenters. The molecule has 6 nitrogen and oxygen atoms in total. The summed E-state index contributed by atoms with van der Waals surface area (Å²) in [4.78, 5) is 4.52. The standard InChI is InChI=1S/C20H19FN4O2S/c1-13-9-14(2)19-15(10-13)11-16(12-22)20(25-19)23-7-8-24-28(26,27)18-5-3-17(21)4-6-18/h3-6,9-11,24H,7-8H2,1-2H3,(H,23,25). The highest BCUT2D eigenvalue weighted by Crippen LogP contribution is 2.24. The predicted octanol–water partition coefficient (Wildman–Crippen LogP) is 3.25. The van der Waals surface area contributed by atoms with E-state index in [0.29, 0.717) is 11.4 Å². The summed E-state index contributed by atoms with van der Waals surface area (Å²) in [6, 6.07) is 12.5. The topological polar surface area (TPSA) is 94.9 Å². The number of nitriles is 1. The molecule has 1 aromatic heterocycles. The number of benzene rings is 2. The molecule has 3 rings (SSSR count). The fraction of sp³-hybridized carbons (Fsp3) is 0.200. The normalized spacial score (nSPS) is 11.4. The lowest BCUT2D eigenvalue weighted by atomic mass is 10.1. The largest absolute Gasteiger partial charge is 0.368 e. The molecule has 0 unspecified atom stereocenters. The highest BCUT2D eigenvalue weighted by atomic mass is 32.2. The van der Waals surface area contributed by atoms with Gasteiger partial charge in [0.25, 0.3) is 0 Å². The molecule has 1 heterocycles. The number of hydrogen-bond donors (Lipinski definition) is 2. The van der Waals surface area contributed by atoms with E-state index in [0.717, 1.165) is 34.2 Å². The average molecular weight is 398 g/mol. The van der Waals surface area contributed by atoms with E-state index < -0.39 is 15.8 Å². The molecule has 0 saturated carbocycles. The van der Waals surface area contributed by atoms with Crippen LogP contribution in [0.2, 0.25) is 0 Å². The Morgan fingerprint density at radius 1 is 1.11 bits per heavy atom. The fourth-order valence-electron chi connectivity index (χ4n) is 2.93. The molecule has 28 heavy (non-hydrogen) atoms. The number of pyridine rings is 1. The van der Waals surface area contributed by atoms with Crippen LogP contribution in [0.15, 0.2) is 47.4 Å². The van der Waals surface area contributed by atoms with Crippen LogP contribution >= 0.6 is 0 Å². The predicted molar refractivity (Wildman–Crippen MR) is 106 cm³/mol. The van der Waals surface area contributed by atoms with Crippen LogP contribution in [-0.2, 0) is 10.0 Å². The van der Waals surface area contributed by atoms with Gasteiger partial charge in [-0.25, -0.2) is 22.5 Å². The SMILES string of the molecule is Cc1cc(C)c2nc(NCCNS(=O)(=O)c3ccc(F)cc3)c(C#N)cc2c1. The number of sulfonamides is 1. The number of halogens is 1. The first-order chi connectivity index (χ1) is 13.3. The van der Waals surface area contributed by atoms with Crippen LogP contribution < -0.4 is 10.0 Å². The maximum absolute atomic E-state index is 12.9. The number of fused-ring (bicyclic) bond motifs is 1. The maximum Gasteiger partial charge on any atom is 0.240 e. The average Bonchev–Trinajstić information content (AvgIpc) is 2.65. The molecular weight excluding hydrogens is 379 g/mol. The number of rotatable bonds is 6. The van der Waals surface area contributed by atoms with E-state index in [1.54, 1.807) is 6.07 Å². The van der Waals surface area contributed by atoms with Crippen molar-refractivity contribution in [2.75, 3.05) is 18.4 Å². The zero-order valence-electron chi connectivity index (χ0n) is 15.5. The van der Waals surface area contributed by atoms with Crippen molar-refractivity contribution in [3.05, 3.63) is 65.0 Å². The minimum atomic E-state index is -3.74. The molecule has 0 fully saturated rings. The van der Waals surface area contributed by atoms with Crippen LogP contribution in [-0.4, -0.2) is 26.5 Å². The van der Waals surface area contributed by atoms with Gasteiger partial charge in [-0.3, -0.25) is 0 Å². The molecule has 2 aromatic carbocycles. The van der Waals surface area contributed by atoms with Crippen molar-refractivity contribution in [3.8, 4) is 6.07 Å². The van der Waals surface area contributed by atoms with Crippen molar-refractivity contribution < 1.29 is 12.8 Å². The fourth-order valence-corrected chi connectivity index (χ4v) is 3.97. The minimum absolute atomic E-state index is 0.0126. The molecule has 8 heteroatoms. The van der Waals surface area contributed by atoms with E-state index in [2.05, 4.69) is 21.1 Å². The molecule has 0 radical (unpaired) electrons. The Bertz CT molecular complexity index is 1170. The van der Waals surface area contributed by atoms with Gasteiger partial charge in [-0.2, -0.15) is 5.26 Å². The van der Waals surface area contributed by atoms with Gasteiger partial charge in [0.2, 0.25) is 10.0 Å². The summed E-state index contributed by atoms with van der Waals surface area (Å²) in [5.74, 6) is -0.0968. The van der Waals surface area contributed by atoms with Crippen LogP contribution in [0, 0.1) is 31.0 Å². The number of anilines is 1. The maximum atomic E-state index is 12.9. The lowest BCUT2D eigenvalue weighted by molar-refractivity contribution is 0.582. The molecular formula is C20H19FN4O2S. The highest BCUT2D eigenvalue weighted by Gasteiger charge is 2.14. The lowest BCUT2D eigenvalue weighted by Crippen LogP contribution is -2.29. The van der Waals surface area contributed by atoms with Crippen LogP contribution in [0.1, 0.15) is 16.7 Å². The Labute approximate surface area is 163 Å². The highest BCUT2D eigenvalue weighted by molar-refractivity contribution is 7.89. The molecule has 0 aliphatic rings. The van der Waals surface area contributed by atoms with Crippen LogP contribution in [0.5, 0.6) is 0 Å². The second kappa shape index (κ2) is 7.92. The van der Waals surface area contributed by atoms with Crippen LogP contribution in [0.3, 0.4) is 0 Å². The number of aromatic nitrogens is 1. The second-order valence-corrected chi connectivity index (χ2v) is 8.20. The summed E-state index contributed by atoms with van der Waals surface area (Å²) in [6.07, 6.45) is 0. The van der Waals surface area contributed by atoms with Gasteiger partial charge in [0.1, 0.15) is 17.7 Å². The van der Waals surface area contributed by atoms with Gasteiger partial charge >= 0.3 is 0 Å². The van der Waals surface area contributed by atoms with Gasteiger partial charge in [-0.15, -0.1) is 0 Å². The molecule has 0 spiro atoms. The van der Waals surface area contributed by atoms with Gasteiger partial charge in [-0.1, -0.05) is 11.6 Å². The third-order valence-electron chi connectivity index (χ3n) is 4.21. The second-order valence-electron chi connectivity index (χ2n) is 6.43. The Balaban J connectivity index is 1.71. The molecule has 0 aliphatic heterocycles. The summed E-state index contributed by atoms with van der Waals surface area (Å²) in [5.41, 5.74) is 3.27. The van der Waals surface area contributed by atoms with Crippen LogP contribution in [0.4, 0.5) is 10.2 Å². The van der Waals surface area contributed by atoms with Gasteiger partial charge in [0.05, 0.1) is 16.0 Å². The summed E-state index contributed by atoms with van der Waals surface area (Å²) >= 11 is 0. The van der Waals surface area contributed by atoms with E-state index >= 15 is 0 Å². The third-order valence-corrected chi connectivity index (χ3v) is 5.68. The monoisotopic (exact) mass is 398 g/mol. The summed E-state index contributed by atoms with van der Waals surface area (Å²) in [6.45, 7) is 4.25. The van der Waals surface area contributed by atoms with Crippen molar-refractivity contribution in [2.45, 2.75) is 18.7 Å². The van der Waals surface area contributed by atoms with Crippen molar-refractivity contribution in [1.82, 2.24) is 9.71 Å². The van der Waals surface area contributed by atoms with Gasteiger partial charge in [-0.05, 0) is 55.8 Å². The van der Waals surface area contributed by atoms with Crippen molar-refractivity contribution in [1.29, 1.82) is 5.26 Å². The lowest BCUT2D eigenvalue weighted by Gasteiger charge is -2.11. The third kappa shape index (κ3) is 4.27. The van der Waals surface area contributed by atoms with Crippen LogP contribution in [0.25, 0.3) is 10.9 Å².